The first-order valence-electron chi connectivity index (χ1n) is 15.8. The normalized spacial score (nSPS) is 13.4. The maximum Gasteiger partial charge on any atom is 0.257 e. The van der Waals surface area contributed by atoms with Gasteiger partial charge < -0.3 is 0 Å². The molecule has 1 rings (SSSR count). The monoisotopic (exact) mass is 475 g/mol. The van der Waals surface area contributed by atoms with Gasteiger partial charge in [-0.2, -0.15) is 0 Å². The lowest BCUT2D eigenvalue weighted by Gasteiger charge is -2.17. The van der Waals surface area contributed by atoms with E-state index in [0.29, 0.717) is 12.0 Å². The van der Waals surface area contributed by atoms with Crippen LogP contribution in [-0.2, 0) is 0 Å². The van der Waals surface area contributed by atoms with Crippen molar-refractivity contribution in [3.63, 3.8) is 0 Å². The van der Waals surface area contributed by atoms with Gasteiger partial charge in [0.15, 0.2) is 0 Å². The molecule has 0 aliphatic rings. The molecule has 1 aromatic heterocycles. The Morgan fingerprint density at radius 2 is 0.941 bits per heavy atom. The van der Waals surface area contributed by atoms with E-state index in [0.717, 1.165) is 0 Å². The minimum absolute atomic E-state index is 0.622. The molecule has 2 nitrogen and oxygen atoms in total. The van der Waals surface area contributed by atoms with Gasteiger partial charge in [0.05, 0.1) is 12.0 Å². The summed E-state index contributed by atoms with van der Waals surface area (Å²) in [5.41, 5.74) is 0. The van der Waals surface area contributed by atoms with E-state index in [9.17, 15) is 0 Å². The molecule has 0 fully saturated rings. The summed E-state index contributed by atoms with van der Waals surface area (Å²) in [6.07, 6.45) is 36.8. The van der Waals surface area contributed by atoms with E-state index >= 15 is 0 Å². The lowest BCUT2D eigenvalue weighted by molar-refractivity contribution is -0.727. The molecule has 1 aromatic rings. The largest absolute Gasteiger partial charge is 0.257 e. The van der Waals surface area contributed by atoms with Gasteiger partial charge in [0.2, 0.25) is 0 Å². The fourth-order valence-corrected chi connectivity index (χ4v) is 5.54. The third-order valence-electron chi connectivity index (χ3n) is 7.89. The van der Waals surface area contributed by atoms with Crippen LogP contribution in [0.1, 0.15) is 193 Å². The predicted octanol–water partition coefficient (Wildman–Crippen LogP) is 11.0. The number of imidazole rings is 1. The van der Waals surface area contributed by atoms with Gasteiger partial charge in [0.1, 0.15) is 12.4 Å². The Labute approximate surface area is 215 Å². The van der Waals surface area contributed by atoms with Crippen LogP contribution in [0, 0.1) is 0 Å². The van der Waals surface area contributed by atoms with Crippen molar-refractivity contribution < 1.29 is 4.57 Å². The van der Waals surface area contributed by atoms with Crippen molar-refractivity contribution in [3.8, 4) is 0 Å². The molecule has 0 amide bonds. The van der Waals surface area contributed by atoms with Crippen LogP contribution in [0.4, 0.5) is 0 Å². The van der Waals surface area contributed by atoms with Gasteiger partial charge in [-0.25, -0.2) is 9.55 Å². The summed E-state index contributed by atoms with van der Waals surface area (Å²) in [7, 11) is 0. The first-order chi connectivity index (χ1) is 16.7. The molecule has 1 heterocycles. The Balaban J connectivity index is 2.46. The summed E-state index contributed by atoms with van der Waals surface area (Å²) >= 11 is 0. The van der Waals surface area contributed by atoms with Gasteiger partial charge in [-0.15, -0.1) is 0 Å². The Bertz CT molecular complexity index is 535. The lowest BCUT2D eigenvalue weighted by Crippen LogP contribution is -2.41. The molecule has 1 N–H and O–H groups in total. The van der Waals surface area contributed by atoms with Gasteiger partial charge in [-0.05, 0) is 32.6 Å². The molecule has 200 valence electrons. The van der Waals surface area contributed by atoms with E-state index in [1.165, 1.54) is 154 Å². The maximum absolute atomic E-state index is 3.69. The fourth-order valence-electron chi connectivity index (χ4n) is 5.54. The fraction of sp³-hybridized carbons (Fsp3) is 0.906. The second-order valence-corrected chi connectivity index (χ2v) is 11.2. The summed E-state index contributed by atoms with van der Waals surface area (Å²) in [5.74, 6) is 2.24. The molecule has 0 saturated carbocycles. The average molecular weight is 476 g/mol. The van der Waals surface area contributed by atoms with Crippen molar-refractivity contribution in [2.24, 2.45) is 0 Å². The van der Waals surface area contributed by atoms with Crippen LogP contribution in [0.2, 0.25) is 0 Å². The topological polar surface area (TPSA) is 19.7 Å². The molecule has 0 saturated heterocycles. The number of hydrogen-bond donors (Lipinski definition) is 1. The number of H-pyrrole nitrogens is 1. The second kappa shape index (κ2) is 22.7. The zero-order valence-electron chi connectivity index (χ0n) is 24.0. The highest BCUT2D eigenvalue weighted by Crippen LogP contribution is 2.27. The maximum atomic E-state index is 3.69. The van der Waals surface area contributed by atoms with Crippen LogP contribution in [0.3, 0.4) is 0 Å². The third kappa shape index (κ3) is 15.3. The third-order valence-corrected chi connectivity index (χ3v) is 7.89. The van der Waals surface area contributed by atoms with Crippen molar-refractivity contribution in [2.45, 2.75) is 187 Å². The van der Waals surface area contributed by atoms with Gasteiger partial charge >= 0.3 is 0 Å². The first kappa shape index (κ1) is 31.2. The lowest BCUT2D eigenvalue weighted by atomic mass is 9.92. The highest BCUT2D eigenvalue weighted by Gasteiger charge is 2.25. The van der Waals surface area contributed by atoms with Crippen molar-refractivity contribution in [2.75, 3.05) is 0 Å². The average Bonchev–Trinajstić information content (AvgIpc) is 3.33. The smallest absolute Gasteiger partial charge is 0.247 e. The van der Waals surface area contributed by atoms with Crippen LogP contribution < -0.4 is 4.57 Å². The van der Waals surface area contributed by atoms with E-state index in [4.69, 9.17) is 0 Å². The molecule has 0 spiro atoms. The SMILES string of the molecule is CCCCCCCCCCCCC(CCCCCCCCC)c1[nH]cc[n+]1C(C)CCCCC. The van der Waals surface area contributed by atoms with Crippen LogP contribution in [0.5, 0.6) is 0 Å². The molecular weight excluding hydrogens is 412 g/mol. The zero-order valence-corrected chi connectivity index (χ0v) is 24.0. The van der Waals surface area contributed by atoms with Gasteiger partial charge in [-0.3, -0.25) is 0 Å². The van der Waals surface area contributed by atoms with E-state index in [2.05, 4.69) is 49.6 Å². The van der Waals surface area contributed by atoms with Crippen LogP contribution >= 0.6 is 0 Å². The molecule has 0 radical (unpaired) electrons. The Morgan fingerprint density at radius 3 is 1.41 bits per heavy atom. The number of unbranched alkanes of at least 4 members (excludes halogenated alkanes) is 17. The number of nitrogens with zero attached hydrogens (tertiary/aromatic N) is 1. The summed E-state index contributed by atoms with van der Waals surface area (Å²) in [6, 6.07) is 0.622. The molecule has 0 bridgehead atoms. The van der Waals surface area contributed by atoms with Crippen LogP contribution in [-0.4, -0.2) is 4.98 Å². The highest BCUT2D eigenvalue weighted by atomic mass is 15.1. The number of rotatable bonds is 25. The summed E-state index contributed by atoms with van der Waals surface area (Å²) in [4.78, 5) is 3.69. The molecule has 2 atom stereocenters. The molecular formula is C32H63N2+. The molecule has 2 heteroatoms. The standard InChI is InChI=1S/C32H62N2/c1-5-8-11-13-15-16-17-19-21-24-27-31(26-23-20-18-14-12-9-6-2)32-33-28-29-34(32)30(4)25-22-10-7-3/h28-31H,5-27H2,1-4H3/p+1. The quantitative estimate of drug-likeness (QED) is 0.107. The summed E-state index contributed by atoms with van der Waals surface area (Å²) in [6.45, 7) is 9.36. The molecule has 0 aromatic carbocycles. The first-order valence-corrected chi connectivity index (χ1v) is 15.8. The van der Waals surface area contributed by atoms with Crippen LogP contribution in [0.15, 0.2) is 12.4 Å². The van der Waals surface area contributed by atoms with Crippen molar-refractivity contribution in [3.05, 3.63) is 18.2 Å². The number of aromatic nitrogens is 2. The molecule has 34 heavy (non-hydrogen) atoms. The predicted molar refractivity (Wildman–Crippen MR) is 152 cm³/mol. The van der Waals surface area contributed by atoms with Gasteiger partial charge in [0.25, 0.3) is 5.82 Å². The van der Waals surface area contributed by atoms with E-state index in [1.54, 1.807) is 0 Å². The van der Waals surface area contributed by atoms with Crippen molar-refractivity contribution in [1.29, 1.82) is 0 Å². The minimum Gasteiger partial charge on any atom is -0.247 e. The highest BCUT2D eigenvalue weighted by molar-refractivity contribution is 4.90. The number of aromatic amines is 1. The summed E-state index contributed by atoms with van der Waals surface area (Å²) < 4.78 is 2.60. The Kier molecular flexibility index (Phi) is 20.8. The van der Waals surface area contributed by atoms with Crippen LogP contribution in [0.25, 0.3) is 0 Å². The molecule has 0 aliphatic heterocycles. The van der Waals surface area contributed by atoms with Gasteiger partial charge in [0, 0.05) is 0 Å². The zero-order chi connectivity index (χ0) is 24.7. The Morgan fingerprint density at radius 1 is 0.559 bits per heavy atom. The number of nitrogens with one attached hydrogen (secondary N) is 1. The van der Waals surface area contributed by atoms with E-state index in [-0.39, 0.29) is 0 Å². The van der Waals surface area contributed by atoms with E-state index < -0.39 is 0 Å². The molecule has 2 unspecified atom stereocenters. The number of hydrogen-bond acceptors (Lipinski definition) is 0. The second-order valence-electron chi connectivity index (χ2n) is 11.2. The Hall–Kier alpha value is -0.790. The summed E-state index contributed by atoms with van der Waals surface area (Å²) in [5, 5.41) is 0. The molecule has 0 aliphatic carbocycles. The van der Waals surface area contributed by atoms with E-state index in [1.807, 2.05) is 0 Å². The van der Waals surface area contributed by atoms with Crippen molar-refractivity contribution in [1.82, 2.24) is 4.98 Å². The van der Waals surface area contributed by atoms with Gasteiger partial charge in [-0.1, -0.05) is 143 Å². The van der Waals surface area contributed by atoms with Crippen molar-refractivity contribution >= 4 is 0 Å². The minimum atomic E-state index is 0.622.